The van der Waals surface area contributed by atoms with Gasteiger partial charge in [0.05, 0.1) is 6.10 Å². The van der Waals surface area contributed by atoms with Crippen LogP contribution >= 0.6 is 0 Å². The van der Waals surface area contributed by atoms with Crippen molar-refractivity contribution >= 4 is 22.6 Å². The zero-order valence-electron chi connectivity index (χ0n) is 14.0. The van der Waals surface area contributed by atoms with E-state index in [0.29, 0.717) is 29.3 Å². The van der Waals surface area contributed by atoms with Crippen molar-refractivity contribution in [1.29, 1.82) is 0 Å². The van der Waals surface area contributed by atoms with Crippen LogP contribution in [0, 0.1) is 5.82 Å². The number of nitrogens with one attached hydrogen (secondary N) is 2. The van der Waals surface area contributed by atoms with Crippen LogP contribution in [0.1, 0.15) is 12.8 Å². The molecule has 1 saturated carbocycles. The predicted octanol–water partition coefficient (Wildman–Crippen LogP) is 2.40. The van der Waals surface area contributed by atoms with Gasteiger partial charge in [-0.3, -0.25) is 0 Å². The van der Waals surface area contributed by atoms with Gasteiger partial charge in [-0.15, -0.1) is 0 Å². The van der Waals surface area contributed by atoms with Crippen LogP contribution in [0.2, 0.25) is 0 Å². The third-order valence-electron chi connectivity index (χ3n) is 4.83. The van der Waals surface area contributed by atoms with Crippen molar-refractivity contribution in [2.45, 2.75) is 25.0 Å². The molecule has 0 aliphatic heterocycles. The van der Waals surface area contributed by atoms with Gasteiger partial charge in [-0.1, -0.05) is 0 Å². The number of aromatic nitrogens is 6. The van der Waals surface area contributed by atoms with Crippen molar-refractivity contribution in [3.05, 3.63) is 36.8 Å². The average molecular weight is 353 g/mol. The average Bonchev–Trinajstić information content (AvgIpc) is 3.24. The number of methoxy groups -OCH3 is 1. The summed E-state index contributed by atoms with van der Waals surface area (Å²) in [5.41, 5.74) is 2.38. The van der Waals surface area contributed by atoms with Crippen LogP contribution < -0.4 is 5.32 Å². The van der Waals surface area contributed by atoms with E-state index in [-0.39, 0.29) is 5.65 Å². The third kappa shape index (κ3) is 2.39. The van der Waals surface area contributed by atoms with E-state index in [9.17, 15) is 4.39 Å². The van der Waals surface area contributed by atoms with Crippen molar-refractivity contribution in [2.75, 3.05) is 12.4 Å². The Labute approximate surface area is 147 Å². The molecular formula is C17H16FN7O. The highest BCUT2D eigenvalue weighted by atomic mass is 19.1. The molecule has 4 aromatic heterocycles. The molecule has 4 heterocycles. The molecule has 1 aliphatic carbocycles. The summed E-state index contributed by atoms with van der Waals surface area (Å²) in [6.45, 7) is 0. The molecule has 8 nitrogen and oxygen atoms in total. The molecule has 0 unspecified atom stereocenters. The van der Waals surface area contributed by atoms with Gasteiger partial charge in [0.1, 0.15) is 12.0 Å². The summed E-state index contributed by atoms with van der Waals surface area (Å²) in [6.07, 6.45) is 8.81. The molecule has 1 aliphatic rings. The quantitative estimate of drug-likeness (QED) is 0.585. The van der Waals surface area contributed by atoms with Crippen LogP contribution in [0.15, 0.2) is 31.0 Å². The molecule has 0 atom stereocenters. The van der Waals surface area contributed by atoms with Crippen molar-refractivity contribution in [3.8, 4) is 11.1 Å². The highest BCUT2D eigenvalue weighted by molar-refractivity contribution is 5.93. The standard InChI is InChI=1S/C17H16FN7O/c1-26-11-3-10(4-11)23-17-20-6-13-12(5-19-15(13)24-17)9-2-14(18)16-21-8-22-25(16)7-9/h2,5-8,10-11H,3-4H2,1H3,(H2,19,20,23,24). The van der Waals surface area contributed by atoms with Crippen LogP contribution in [0.5, 0.6) is 0 Å². The van der Waals surface area contributed by atoms with Crippen molar-refractivity contribution < 1.29 is 9.13 Å². The third-order valence-corrected chi connectivity index (χ3v) is 4.83. The minimum atomic E-state index is -0.425. The zero-order valence-corrected chi connectivity index (χ0v) is 14.0. The molecule has 2 N–H and O–H groups in total. The van der Waals surface area contributed by atoms with Gasteiger partial charge in [0.15, 0.2) is 11.5 Å². The van der Waals surface area contributed by atoms with Crippen molar-refractivity contribution in [3.63, 3.8) is 0 Å². The van der Waals surface area contributed by atoms with E-state index in [4.69, 9.17) is 4.74 Å². The van der Waals surface area contributed by atoms with E-state index in [2.05, 4.69) is 30.4 Å². The lowest BCUT2D eigenvalue weighted by atomic mass is 9.89. The fourth-order valence-electron chi connectivity index (χ4n) is 3.31. The number of H-pyrrole nitrogens is 1. The van der Waals surface area contributed by atoms with Gasteiger partial charge in [0.25, 0.3) is 0 Å². The number of aromatic amines is 1. The molecule has 0 bridgehead atoms. The molecule has 1 fully saturated rings. The van der Waals surface area contributed by atoms with E-state index in [1.807, 2.05) is 0 Å². The fourth-order valence-corrected chi connectivity index (χ4v) is 3.31. The van der Waals surface area contributed by atoms with Crippen LogP contribution in [0.3, 0.4) is 0 Å². The number of halogens is 1. The summed E-state index contributed by atoms with van der Waals surface area (Å²) >= 11 is 0. The van der Waals surface area contributed by atoms with Crippen LogP contribution in [0.25, 0.3) is 27.8 Å². The number of pyridine rings is 1. The lowest BCUT2D eigenvalue weighted by Gasteiger charge is -2.34. The second-order valence-corrected chi connectivity index (χ2v) is 6.43. The fraction of sp³-hybridized carbons (Fsp3) is 0.294. The van der Waals surface area contributed by atoms with E-state index < -0.39 is 5.82 Å². The molecule has 4 aromatic rings. The van der Waals surface area contributed by atoms with Gasteiger partial charge in [-0.05, 0) is 18.9 Å². The maximum absolute atomic E-state index is 14.2. The minimum absolute atomic E-state index is 0.200. The Balaban J connectivity index is 1.47. The van der Waals surface area contributed by atoms with Gasteiger partial charge in [0, 0.05) is 48.3 Å². The zero-order chi connectivity index (χ0) is 17.7. The molecule has 9 heteroatoms. The number of hydrogen-bond acceptors (Lipinski definition) is 6. The number of hydrogen-bond donors (Lipinski definition) is 2. The number of nitrogens with zero attached hydrogens (tertiary/aromatic N) is 5. The number of fused-ring (bicyclic) bond motifs is 2. The highest BCUT2D eigenvalue weighted by Gasteiger charge is 2.29. The summed E-state index contributed by atoms with van der Waals surface area (Å²) in [4.78, 5) is 16.0. The summed E-state index contributed by atoms with van der Waals surface area (Å²) < 4.78 is 20.9. The molecule has 26 heavy (non-hydrogen) atoms. The van der Waals surface area contributed by atoms with E-state index in [1.165, 1.54) is 16.9 Å². The van der Waals surface area contributed by atoms with Gasteiger partial charge in [0.2, 0.25) is 5.95 Å². The summed E-state index contributed by atoms with van der Waals surface area (Å²) in [5, 5.41) is 8.14. The minimum Gasteiger partial charge on any atom is -0.381 e. The van der Waals surface area contributed by atoms with E-state index in [1.54, 1.807) is 25.7 Å². The Bertz CT molecular complexity index is 1100. The highest BCUT2D eigenvalue weighted by Crippen LogP contribution is 2.30. The van der Waals surface area contributed by atoms with E-state index >= 15 is 0 Å². The molecule has 0 aromatic carbocycles. The first kappa shape index (κ1) is 15.2. The Morgan fingerprint density at radius 3 is 3.08 bits per heavy atom. The number of anilines is 1. The molecule has 5 rings (SSSR count). The Morgan fingerprint density at radius 1 is 1.35 bits per heavy atom. The smallest absolute Gasteiger partial charge is 0.224 e. The Kier molecular flexibility index (Phi) is 3.35. The predicted molar refractivity (Wildman–Crippen MR) is 93.3 cm³/mol. The van der Waals surface area contributed by atoms with Crippen LogP contribution in [-0.2, 0) is 4.74 Å². The number of ether oxygens (including phenoxy) is 1. The molecule has 0 radical (unpaired) electrons. The van der Waals surface area contributed by atoms with Gasteiger partial charge >= 0.3 is 0 Å². The van der Waals surface area contributed by atoms with Crippen LogP contribution in [0.4, 0.5) is 10.3 Å². The topological polar surface area (TPSA) is 93.0 Å². The largest absolute Gasteiger partial charge is 0.381 e. The summed E-state index contributed by atoms with van der Waals surface area (Å²) in [7, 11) is 1.73. The number of rotatable bonds is 4. The van der Waals surface area contributed by atoms with Crippen LogP contribution in [-0.4, -0.2) is 48.8 Å². The van der Waals surface area contributed by atoms with Crippen molar-refractivity contribution in [2.24, 2.45) is 0 Å². The molecule has 0 amide bonds. The molecule has 132 valence electrons. The van der Waals surface area contributed by atoms with Gasteiger partial charge in [-0.2, -0.15) is 10.1 Å². The molecule has 0 spiro atoms. The maximum Gasteiger partial charge on any atom is 0.224 e. The summed E-state index contributed by atoms with van der Waals surface area (Å²) in [6, 6.07) is 1.77. The lowest BCUT2D eigenvalue weighted by Crippen LogP contribution is -2.40. The first-order valence-electron chi connectivity index (χ1n) is 8.34. The normalized spacial score (nSPS) is 19.8. The maximum atomic E-state index is 14.2. The first-order chi connectivity index (χ1) is 12.7. The molecular weight excluding hydrogens is 337 g/mol. The monoisotopic (exact) mass is 353 g/mol. The SMILES string of the molecule is COC1CC(Nc2ncc3c(-c4cc(F)c5ncnn5c4)c[nH]c3n2)C1. The Hall–Kier alpha value is -3.07. The van der Waals surface area contributed by atoms with Crippen molar-refractivity contribution in [1.82, 2.24) is 29.5 Å². The summed E-state index contributed by atoms with van der Waals surface area (Å²) in [5.74, 6) is 0.148. The molecule has 0 saturated heterocycles. The van der Waals surface area contributed by atoms with Gasteiger partial charge in [-0.25, -0.2) is 18.9 Å². The Morgan fingerprint density at radius 2 is 2.23 bits per heavy atom. The first-order valence-corrected chi connectivity index (χ1v) is 8.34. The second-order valence-electron chi connectivity index (χ2n) is 6.43. The second kappa shape index (κ2) is 5.73. The lowest BCUT2D eigenvalue weighted by molar-refractivity contribution is 0.0327. The van der Waals surface area contributed by atoms with E-state index in [0.717, 1.165) is 23.8 Å². The van der Waals surface area contributed by atoms with Gasteiger partial charge < -0.3 is 15.0 Å².